The van der Waals surface area contributed by atoms with E-state index in [-0.39, 0.29) is 0 Å². The summed E-state index contributed by atoms with van der Waals surface area (Å²) in [6.45, 7) is 2.24. The van der Waals surface area contributed by atoms with Crippen LogP contribution in [0.25, 0.3) is 22.0 Å². The monoisotopic (exact) mass is 317 g/mol. The summed E-state index contributed by atoms with van der Waals surface area (Å²) in [5, 5.41) is 4.62. The number of hydrogen-bond acceptors (Lipinski definition) is 3. The van der Waals surface area contributed by atoms with Crippen LogP contribution in [0.4, 0.5) is 5.69 Å². The van der Waals surface area contributed by atoms with E-state index in [0.717, 1.165) is 18.6 Å². The van der Waals surface area contributed by atoms with Gasteiger partial charge in [0, 0.05) is 35.9 Å². The van der Waals surface area contributed by atoms with Crippen molar-refractivity contribution in [3.63, 3.8) is 0 Å². The van der Waals surface area contributed by atoms with Gasteiger partial charge in [0.2, 0.25) is 0 Å². The van der Waals surface area contributed by atoms with Crippen LogP contribution in [0.15, 0.2) is 60.8 Å². The van der Waals surface area contributed by atoms with Crippen LogP contribution in [0.3, 0.4) is 0 Å². The number of fused-ring (bicyclic) bond motifs is 1. The highest BCUT2D eigenvalue weighted by Crippen LogP contribution is 2.26. The molecule has 0 atom stereocenters. The number of benzene rings is 2. The smallest absolute Gasteiger partial charge is 0.0702 e. The summed E-state index contributed by atoms with van der Waals surface area (Å²) in [7, 11) is 2.21. The molecule has 0 amide bonds. The van der Waals surface area contributed by atoms with Crippen molar-refractivity contribution in [3.05, 3.63) is 60.8 Å². The van der Waals surface area contributed by atoms with Gasteiger partial charge < -0.3 is 10.2 Å². The Morgan fingerprint density at radius 1 is 0.958 bits per heavy atom. The Kier molecular flexibility index (Phi) is 4.18. The summed E-state index contributed by atoms with van der Waals surface area (Å²) >= 11 is 0. The molecule has 3 heteroatoms. The third-order valence-corrected chi connectivity index (χ3v) is 5.05. The number of anilines is 1. The first kappa shape index (κ1) is 15.2. The fourth-order valence-corrected chi connectivity index (χ4v) is 3.52. The second-order valence-corrected chi connectivity index (χ2v) is 6.56. The lowest BCUT2D eigenvalue weighted by Crippen LogP contribution is -2.41. The van der Waals surface area contributed by atoms with Gasteiger partial charge in [0.1, 0.15) is 0 Å². The van der Waals surface area contributed by atoms with Crippen molar-refractivity contribution < 1.29 is 0 Å². The zero-order chi connectivity index (χ0) is 16.4. The van der Waals surface area contributed by atoms with E-state index in [1.54, 1.807) is 0 Å². The normalized spacial score (nSPS) is 15.5. The summed E-state index contributed by atoms with van der Waals surface area (Å²) in [4.78, 5) is 6.99. The van der Waals surface area contributed by atoms with Gasteiger partial charge in [-0.1, -0.05) is 30.3 Å². The van der Waals surface area contributed by atoms with Crippen LogP contribution in [0.5, 0.6) is 0 Å². The summed E-state index contributed by atoms with van der Waals surface area (Å²) < 4.78 is 0. The van der Waals surface area contributed by atoms with Crippen molar-refractivity contribution in [2.75, 3.05) is 25.0 Å². The average Bonchev–Trinajstić information content (AvgIpc) is 2.68. The Morgan fingerprint density at radius 3 is 2.50 bits per heavy atom. The van der Waals surface area contributed by atoms with Crippen molar-refractivity contribution in [1.82, 2.24) is 10.3 Å². The summed E-state index contributed by atoms with van der Waals surface area (Å²) in [6.07, 6.45) is 4.40. The fourth-order valence-electron chi connectivity index (χ4n) is 3.52. The van der Waals surface area contributed by atoms with Crippen molar-refractivity contribution in [2.24, 2.45) is 0 Å². The molecule has 1 aromatic heterocycles. The zero-order valence-electron chi connectivity index (χ0n) is 14.1. The lowest BCUT2D eigenvalue weighted by atomic mass is 10.0. The van der Waals surface area contributed by atoms with Crippen LogP contribution in [0.2, 0.25) is 0 Å². The molecule has 122 valence electrons. The van der Waals surface area contributed by atoms with Crippen molar-refractivity contribution in [1.29, 1.82) is 0 Å². The number of nitrogens with zero attached hydrogens (tertiary/aromatic N) is 2. The van der Waals surface area contributed by atoms with Gasteiger partial charge >= 0.3 is 0 Å². The number of para-hydroxylation sites is 1. The first-order chi connectivity index (χ1) is 11.8. The van der Waals surface area contributed by atoms with Crippen LogP contribution in [0, 0.1) is 0 Å². The third kappa shape index (κ3) is 3.00. The summed E-state index contributed by atoms with van der Waals surface area (Å²) in [6, 6.07) is 20.0. The Morgan fingerprint density at radius 2 is 1.71 bits per heavy atom. The van der Waals surface area contributed by atoms with Crippen molar-refractivity contribution >= 4 is 16.6 Å². The zero-order valence-corrected chi connectivity index (χ0v) is 14.1. The molecule has 2 aromatic carbocycles. The molecule has 1 saturated heterocycles. The standard InChI is InChI=1S/C21H23N3/c1-24(20-10-12-22-13-11-20)19-8-6-16(7-9-19)18-14-17-4-2-3-5-21(17)23-15-18/h2-9,14-15,20,22H,10-13H2,1H3. The minimum absolute atomic E-state index is 0.638. The highest BCUT2D eigenvalue weighted by molar-refractivity contribution is 5.83. The Labute approximate surface area is 143 Å². The minimum atomic E-state index is 0.638. The number of aromatic nitrogens is 1. The molecule has 0 radical (unpaired) electrons. The number of nitrogens with one attached hydrogen (secondary N) is 1. The molecule has 4 rings (SSSR count). The molecule has 0 aliphatic carbocycles. The number of hydrogen-bond donors (Lipinski definition) is 1. The summed E-state index contributed by atoms with van der Waals surface area (Å²) in [5.41, 5.74) is 4.73. The minimum Gasteiger partial charge on any atom is -0.372 e. The molecule has 2 heterocycles. The van der Waals surface area contributed by atoms with E-state index in [4.69, 9.17) is 0 Å². The van der Waals surface area contributed by atoms with E-state index in [2.05, 4.69) is 70.8 Å². The molecule has 0 saturated carbocycles. The topological polar surface area (TPSA) is 28.2 Å². The van der Waals surface area contributed by atoms with Gasteiger partial charge in [0.05, 0.1) is 5.52 Å². The molecular weight excluding hydrogens is 294 g/mol. The van der Waals surface area contributed by atoms with Crippen LogP contribution in [-0.4, -0.2) is 31.2 Å². The lowest BCUT2D eigenvalue weighted by Gasteiger charge is -2.33. The van der Waals surface area contributed by atoms with E-state index in [1.807, 2.05) is 12.3 Å². The highest BCUT2D eigenvalue weighted by Gasteiger charge is 2.17. The largest absolute Gasteiger partial charge is 0.372 e. The quantitative estimate of drug-likeness (QED) is 0.788. The molecule has 1 fully saturated rings. The molecule has 1 aliphatic rings. The molecule has 1 N–H and O–H groups in total. The molecule has 0 unspecified atom stereocenters. The third-order valence-electron chi connectivity index (χ3n) is 5.05. The van der Waals surface area contributed by atoms with Crippen LogP contribution >= 0.6 is 0 Å². The first-order valence-corrected chi connectivity index (χ1v) is 8.70. The number of piperidine rings is 1. The van der Waals surface area contributed by atoms with Crippen LogP contribution in [-0.2, 0) is 0 Å². The van der Waals surface area contributed by atoms with E-state index in [0.29, 0.717) is 6.04 Å². The van der Waals surface area contributed by atoms with Gasteiger partial charge in [0.15, 0.2) is 0 Å². The Bertz CT molecular complexity index is 820. The molecule has 1 aliphatic heterocycles. The SMILES string of the molecule is CN(c1ccc(-c2cnc3ccccc3c2)cc1)C1CCNCC1. The Hall–Kier alpha value is -2.39. The van der Waals surface area contributed by atoms with Gasteiger partial charge in [-0.2, -0.15) is 0 Å². The van der Waals surface area contributed by atoms with E-state index < -0.39 is 0 Å². The molecule has 3 aromatic rings. The molecule has 0 spiro atoms. The highest BCUT2D eigenvalue weighted by atomic mass is 15.1. The van der Waals surface area contributed by atoms with E-state index in [1.165, 1.54) is 35.0 Å². The van der Waals surface area contributed by atoms with Crippen LogP contribution < -0.4 is 10.2 Å². The van der Waals surface area contributed by atoms with Gasteiger partial charge in [0.25, 0.3) is 0 Å². The number of rotatable bonds is 3. The second-order valence-electron chi connectivity index (χ2n) is 6.56. The fraction of sp³-hybridized carbons (Fsp3) is 0.286. The lowest BCUT2D eigenvalue weighted by molar-refractivity contribution is 0.443. The predicted molar refractivity (Wildman–Crippen MR) is 101 cm³/mol. The molecular formula is C21H23N3. The van der Waals surface area contributed by atoms with Gasteiger partial charge in [-0.3, -0.25) is 4.98 Å². The molecule has 3 nitrogen and oxygen atoms in total. The molecule has 0 bridgehead atoms. The van der Waals surface area contributed by atoms with Gasteiger partial charge in [-0.25, -0.2) is 0 Å². The first-order valence-electron chi connectivity index (χ1n) is 8.70. The maximum absolute atomic E-state index is 4.57. The van der Waals surface area contributed by atoms with Crippen molar-refractivity contribution in [3.8, 4) is 11.1 Å². The van der Waals surface area contributed by atoms with Crippen LogP contribution in [0.1, 0.15) is 12.8 Å². The second kappa shape index (κ2) is 6.62. The maximum Gasteiger partial charge on any atom is 0.0702 e. The maximum atomic E-state index is 4.57. The van der Waals surface area contributed by atoms with E-state index in [9.17, 15) is 0 Å². The van der Waals surface area contributed by atoms with Crippen molar-refractivity contribution in [2.45, 2.75) is 18.9 Å². The molecule has 24 heavy (non-hydrogen) atoms. The average molecular weight is 317 g/mol. The number of pyridine rings is 1. The predicted octanol–water partition coefficient (Wildman–Crippen LogP) is 4.09. The van der Waals surface area contributed by atoms with Gasteiger partial charge in [-0.05, 0) is 55.8 Å². The summed E-state index contributed by atoms with van der Waals surface area (Å²) in [5.74, 6) is 0. The van der Waals surface area contributed by atoms with E-state index >= 15 is 0 Å². The Balaban J connectivity index is 1.58. The van der Waals surface area contributed by atoms with Gasteiger partial charge in [-0.15, -0.1) is 0 Å².